The molecule has 1 fully saturated rings. The fourth-order valence-corrected chi connectivity index (χ4v) is 5.55. The van der Waals surface area contributed by atoms with E-state index in [1.54, 1.807) is 17.4 Å². The summed E-state index contributed by atoms with van der Waals surface area (Å²) >= 11 is 1.56. The smallest absolute Gasteiger partial charge is 0.226 e. The molecule has 1 saturated heterocycles. The first kappa shape index (κ1) is 21.8. The highest BCUT2D eigenvalue weighted by atomic mass is 32.1. The van der Waals surface area contributed by atoms with Gasteiger partial charge in [-0.3, -0.25) is 9.69 Å². The van der Waals surface area contributed by atoms with E-state index in [-0.39, 0.29) is 17.5 Å². The lowest BCUT2D eigenvalue weighted by Gasteiger charge is -2.34. The van der Waals surface area contributed by atoms with E-state index in [9.17, 15) is 14.4 Å². The molecule has 164 valence electrons. The molecule has 6 nitrogen and oxygen atoms in total. The molecule has 2 heterocycles. The lowest BCUT2D eigenvalue weighted by molar-refractivity contribution is -0.116. The second-order valence-corrected chi connectivity index (χ2v) is 9.16. The summed E-state index contributed by atoms with van der Waals surface area (Å²) in [5.41, 5.74) is 2.73. The largest absolute Gasteiger partial charge is 0.494 e. The van der Waals surface area contributed by atoms with Crippen LogP contribution in [0.15, 0.2) is 18.2 Å². The van der Waals surface area contributed by atoms with Crippen LogP contribution in [-0.4, -0.2) is 55.5 Å². The van der Waals surface area contributed by atoms with Gasteiger partial charge in [0.2, 0.25) is 5.91 Å². The van der Waals surface area contributed by atoms with Gasteiger partial charge in [0.25, 0.3) is 0 Å². The molecule has 1 amide bonds. The highest BCUT2D eigenvalue weighted by molar-refractivity contribution is 7.16. The molecule has 1 aromatic heterocycles. The molecule has 0 saturated carbocycles. The number of anilines is 1. The summed E-state index contributed by atoms with van der Waals surface area (Å²) in [6, 6.07) is 7.37. The van der Waals surface area contributed by atoms with Crippen LogP contribution in [0.25, 0.3) is 0 Å². The summed E-state index contributed by atoms with van der Waals surface area (Å²) in [5.74, 6) is -0.103. The maximum atomic E-state index is 13.9. The average molecular weight is 443 g/mol. The van der Waals surface area contributed by atoms with Gasteiger partial charge in [-0.05, 0) is 42.5 Å². The number of halogens is 1. The monoisotopic (exact) mass is 442 g/mol. The Morgan fingerprint density at radius 1 is 1.26 bits per heavy atom. The molecule has 1 aromatic carbocycles. The summed E-state index contributed by atoms with van der Waals surface area (Å²) in [6.45, 7) is 4.92. The minimum atomic E-state index is -0.333. The molecule has 2 aliphatic rings. The van der Waals surface area contributed by atoms with Crippen LogP contribution in [-0.2, 0) is 24.2 Å². The van der Waals surface area contributed by atoms with E-state index >= 15 is 0 Å². The summed E-state index contributed by atoms with van der Waals surface area (Å²) in [4.78, 5) is 18.3. The highest BCUT2D eigenvalue weighted by Crippen LogP contribution is 2.38. The first-order valence-corrected chi connectivity index (χ1v) is 11.5. The quantitative estimate of drug-likeness (QED) is 0.712. The number of piperazine rings is 1. The van der Waals surface area contributed by atoms with Gasteiger partial charge < -0.3 is 15.0 Å². The zero-order valence-corrected chi connectivity index (χ0v) is 18.6. The summed E-state index contributed by atoms with van der Waals surface area (Å²) in [7, 11) is 1.46. The average Bonchev–Trinajstić information content (AvgIpc) is 3.34. The number of benzene rings is 1. The Balaban J connectivity index is 1.21. The van der Waals surface area contributed by atoms with Gasteiger partial charge in [0.15, 0.2) is 11.6 Å². The Labute approximate surface area is 186 Å². The van der Waals surface area contributed by atoms with E-state index in [4.69, 9.17) is 4.74 Å². The molecule has 1 aliphatic heterocycles. The zero-order valence-electron chi connectivity index (χ0n) is 17.7. The van der Waals surface area contributed by atoms with Crippen molar-refractivity contribution in [2.24, 2.45) is 0 Å². The van der Waals surface area contributed by atoms with Crippen LogP contribution in [0, 0.1) is 17.1 Å². The summed E-state index contributed by atoms with van der Waals surface area (Å²) < 4.78 is 18.9. The number of hydrogen-bond donors (Lipinski definition) is 1. The predicted molar refractivity (Wildman–Crippen MR) is 119 cm³/mol. The molecule has 8 heteroatoms. The van der Waals surface area contributed by atoms with Crippen molar-refractivity contribution in [3.05, 3.63) is 45.6 Å². The zero-order chi connectivity index (χ0) is 21.8. The van der Waals surface area contributed by atoms with E-state index in [0.29, 0.717) is 30.1 Å². The maximum absolute atomic E-state index is 13.9. The molecular formula is C23H27FN4O2S. The highest BCUT2D eigenvalue weighted by Gasteiger charge is 2.23. The number of aryl methyl sites for hydroxylation is 1. The van der Waals surface area contributed by atoms with Crippen LogP contribution in [0.1, 0.15) is 34.4 Å². The fourth-order valence-electron chi connectivity index (χ4n) is 4.30. The Morgan fingerprint density at radius 3 is 2.74 bits per heavy atom. The van der Waals surface area contributed by atoms with Crippen molar-refractivity contribution in [2.75, 3.05) is 45.2 Å². The minimum Gasteiger partial charge on any atom is -0.494 e. The van der Waals surface area contributed by atoms with Gasteiger partial charge >= 0.3 is 0 Å². The standard InChI is InChI=1S/C23H27FN4O2S/c1-30-20-6-5-16(13-19(20)24)15-28-11-9-27(10-12-28)8-7-22(29)26-23-18(14-25)17-3-2-4-21(17)31-23/h5-6,13H,2-4,7-12,15H2,1H3,(H,26,29). The van der Waals surface area contributed by atoms with Crippen molar-refractivity contribution < 1.29 is 13.9 Å². The van der Waals surface area contributed by atoms with E-state index < -0.39 is 0 Å². The van der Waals surface area contributed by atoms with Crippen molar-refractivity contribution in [2.45, 2.75) is 32.2 Å². The van der Waals surface area contributed by atoms with E-state index in [1.807, 2.05) is 6.07 Å². The summed E-state index contributed by atoms with van der Waals surface area (Å²) in [6.07, 6.45) is 3.47. The Kier molecular flexibility index (Phi) is 6.86. The number of thiophene rings is 1. The number of hydrogen-bond acceptors (Lipinski definition) is 6. The lowest BCUT2D eigenvalue weighted by atomic mass is 10.1. The van der Waals surface area contributed by atoms with Crippen molar-refractivity contribution in [3.63, 3.8) is 0 Å². The van der Waals surface area contributed by atoms with Gasteiger partial charge in [0.05, 0.1) is 12.7 Å². The number of carbonyl (C=O) groups excluding carboxylic acids is 1. The number of nitriles is 1. The van der Waals surface area contributed by atoms with Crippen LogP contribution in [0.3, 0.4) is 0 Å². The SMILES string of the molecule is COc1ccc(CN2CCN(CCC(=O)Nc3sc4c(c3C#N)CCC4)CC2)cc1F. The van der Waals surface area contributed by atoms with Crippen molar-refractivity contribution in [1.29, 1.82) is 5.26 Å². The van der Waals surface area contributed by atoms with Crippen LogP contribution < -0.4 is 10.1 Å². The third-order valence-electron chi connectivity index (χ3n) is 6.03. The second-order valence-electron chi connectivity index (χ2n) is 8.06. The molecule has 0 spiro atoms. The first-order valence-electron chi connectivity index (χ1n) is 10.7. The third-order valence-corrected chi connectivity index (χ3v) is 7.24. The third kappa shape index (κ3) is 5.06. The number of nitrogens with zero attached hydrogens (tertiary/aromatic N) is 3. The van der Waals surface area contributed by atoms with Gasteiger partial charge in [-0.25, -0.2) is 4.39 Å². The first-order chi connectivity index (χ1) is 15.1. The molecule has 1 aliphatic carbocycles. The van der Waals surface area contributed by atoms with Crippen LogP contribution in [0.2, 0.25) is 0 Å². The van der Waals surface area contributed by atoms with Gasteiger partial charge in [0.1, 0.15) is 11.1 Å². The fraction of sp³-hybridized carbons (Fsp3) is 0.478. The number of ether oxygens (including phenoxy) is 1. The normalized spacial score (nSPS) is 16.7. The molecule has 4 rings (SSSR count). The Bertz CT molecular complexity index is 992. The number of nitrogens with one attached hydrogen (secondary N) is 1. The van der Waals surface area contributed by atoms with Crippen LogP contribution in [0.5, 0.6) is 5.75 Å². The molecule has 31 heavy (non-hydrogen) atoms. The molecule has 0 atom stereocenters. The van der Waals surface area contributed by atoms with Gasteiger partial charge in [0, 0.05) is 50.6 Å². The van der Waals surface area contributed by atoms with Gasteiger partial charge in [-0.1, -0.05) is 6.07 Å². The number of fused-ring (bicyclic) bond motifs is 1. The Morgan fingerprint density at radius 2 is 2.03 bits per heavy atom. The molecule has 2 aromatic rings. The van der Waals surface area contributed by atoms with Gasteiger partial charge in [-0.2, -0.15) is 5.26 Å². The van der Waals surface area contributed by atoms with Crippen molar-refractivity contribution in [3.8, 4) is 11.8 Å². The number of methoxy groups -OCH3 is 1. The second kappa shape index (κ2) is 9.77. The van der Waals surface area contributed by atoms with Crippen molar-refractivity contribution >= 4 is 22.2 Å². The van der Waals surface area contributed by atoms with E-state index in [1.165, 1.54) is 18.1 Å². The lowest BCUT2D eigenvalue weighted by Crippen LogP contribution is -2.46. The maximum Gasteiger partial charge on any atom is 0.226 e. The van der Waals surface area contributed by atoms with Crippen LogP contribution in [0.4, 0.5) is 9.39 Å². The molecule has 0 unspecified atom stereocenters. The van der Waals surface area contributed by atoms with Crippen LogP contribution >= 0.6 is 11.3 Å². The molecule has 0 bridgehead atoms. The molecule has 1 N–H and O–H groups in total. The van der Waals surface area contributed by atoms with E-state index in [0.717, 1.165) is 56.6 Å². The number of carbonyl (C=O) groups is 1. The summed E-state index contributed by atoms with van der Waals surface area (Å²) in [5, 5.41) is 13.1. The number of amides is 1. The van der Waals surface area contributed by atoms with Gasteiger partial charge in [-0.15, -0.1) is 11.3 Å². The van der Waals surface area contributed by atoms with Crippen molar-refractivity contribution in [1.82, 2.24) is 9.80 Å². The van der Waals surface area contributed by atoms with E-state index in [2.05, 4.69) is 21.2 Å². The minimum absolute atomic E-state index is 0.0347. The number of rotatable bonds is 7. The topological polar surface area (TPSA) is 68.6 Å². The Hall–Kier alpha value is -2.47. The predicted octanol–water partition coefficient (Wildman–Crippen LogP) is 3.40. The molecule has 0 radical (unpaired) electrons. The molecular weight excluding hydrogens is 415 g/mol.